The van der Waals surface area contributed by atoms with Gasteiger partial charge in [0.25, 0.3) is 5.69 Å². The van der Waals surface area contributed by atoms with E-state index in [-0.39, 0.29) is 17.3 Å². The maximum Gasteiger partial charge on any atom is 0.338 e. The van der Waals surface area contributed by atoms with E-state index in [1.807, 2.05) is 0 Å². The molecule has 0 amide bonds. The molecule has 1 heterocycles. The number of rotatable bonds is 5. The zero-order valence-corrected chi connectivity index (χ0v) is 11.9. The van der Waals surface area contributed by atoms with Gasteiger partial charge in [0.05, 0.1) is 10.5 Å². The van der Waals surface area contributed by atoms with Crippen molar-refractivity contribution < 1.29 is 14.8 Å². The van der Waals surface area contributed by atoms with Crippen LogP contribution >= 0.6 is 0 Å². The topological polar surface area (TPSA) is 95.7 Å². The first-order chi connectivity index (χ1) is 10.0. The summed E-state index contributed by atoms with van der Waals surface area (Å²) in [4.78, 5) is 23.7. The van der Waals surface area contributed by atoms with Gasteiger partial charge in [0.1, 0.15) is 0 Å². The molecule has 114 valence electrons. The minimum Gasteiger partial charge on any atom is -0.478 e. The number of likely N-dealkylation sites (tertiary alicyclic amines) is 1. The lowest BCUT2D eigenvalue weighted by atomic mass is 10.0. The van der Waals surface area contributed by atoms with Crippen LogP contribution in [0.25, 0.3) is 0 Å². The number of likely N-dealkylation sites (N-methyl/N-ethyl adjacent to an activating group) is 1. The molecule has 1 aliphatic rings. The summed E-state index contributed by atoms with van der Waals surface area (Å²) in [5, 5.41) is 23.2. The van der Waals surface area contributed by atoms with Gasteiger partial charge in [-0.05, 0) is 32.0 Å². The molecule has 7 heteroatoms. The minimum atomic E-state index is -1.16. The normalized spacial score (nSPS) is 19.2. The van der Waals surface area contributed by atoms with Gasteiger partial charge in [0.15, 0.2) is 0 Å². The molecule has 0 saturated carbocycles. The summed E-state index contributed by atoms with van der Waals surface area (Å²) < 4.78 is 0. The average molecular weight is 293 g/mol. The molecule has 7 nitrogen and oxygen atoms in total. The van der Waals surface area contributed by atoms with E-state index in [0.29, 0.717) is 5.69 Å². The summed E-state index contributed by atoms with van der Waals surface area (Å²) in [6.45, 7) is 4.97. The average Bonchev–Trinajstić information content (AvgIpc) is 2.47. The number of carbonyl (C=O) groups is 1. The standard InChI is InChI=1S/C14H19N3O4/c1-2-16-7-3-4-10(9-16)15-13-6-5-11(17(20)21)8-12(13)14(18)19/h5-6,8,10,15H,2-4,7,9H2,1H3,(H,18,19). The van der Waals surface area contributed by atoms with Crippen molar-refractivity contribution in [3.63, 3.8) is 0 Å². The molecular formula is C14H19N3O4. The fourth-order valence-electron chi connectivity index (χ4n) is 2.63. The summed E-state index contributed by atoms with van der Waals surface area (Å²) in [6, 6.07) is 4.07. The SMILES string of the molecule is CCN1CCCC(Nc2ccc([N+](=O)[O-])cc2C(=O)O)C1. The number of nitro groups is 1. The quantitative estimate of drug-likeness (QED) is 0.638. The molecule has 21 heavy (non-hydrogen) atoms. The van der Waals surface area contributed by atoms with Crippen LogP contribution in [0, 0.1) is 10.1 Å². The summed E-state index contributed by atoms with van der Waals surface area (Å²) >= 11 is 0. The highest BCUT2D eigenvalue weighted by Gasteiger charge is 2.22. The van der Waals surface area contributed by atoms with E-state index in [2.05, 4.69) is 17.1 Å². The molecule has 1 aromatic carbocycles. The summed E-state index contributed by atoms with van der Waals surface area (Å²) in [5.41, 5.74) is 0.172. The lowest BCUT2D eigenvalue weighted by Gasteiger charge is -2.33. The number of piperidine rings is 1. The van der Waals surface area contributed by atoms with Crippen LogP contribution in [0.5, 0.6) is 0 Å². The molecule has 1 saturated heterocycles. The summed E-state index contributed by atoms with van der Waals surface area (Å²) in [7, 11) is 0. The Morgan fingerprint density at radius 3 is 2.95 bits per heavy atom. The van der Waals surface area contributed by atoms with E-state index in [9.17, 15) is 20.0 Å². The van der Waals surface area contributed by atoms with Crippen LogP contribution in [-0.2, 0) is 0 Å². The number of hydrogen-bond donors (Lipinski definition) is 2. The number of anilines is 1. The number of nitrogens with zero attached hydrogens (tertiary/aromatic N) is 2. The second-order valence-electron chi connectivity index (χ2n) is 5.17. The predicted molar refractivity (Wildman–Crippen MR) is 78.8 cm³/mol. The number of nitrogens with one attached hydrogen (secondary N) is 1. The Labute approximate surface area is 122 Å². The molecule has 1 unspecified atom stereocenters. The van der Waals surface area contributed by atoms with E-state index in [4.69, 9.17) is 0 Å². The van der Waals surface area contributed by atoms with Gasteiger partial charge in [-0.3, -0.25) is 10.1 Å². The number of carboxylic acids is 1. The molecule has 1 aliphatic heterocycles. The molecule has 0 spiro atoms. The molecule has 0 aromatic heterocycles. The van der Waals surface area contributed by atoms with E-state index in [1.54, 1.807) is 0 Å². The van der Waals surface area contributed by atoms with Crippen molar-refractivity contribution >= 4 is 17.3 Å². The molecule has 0 radical (unpaired) electrons. The number of nitro benzene ring substituents is 1. The van der Waals surface area contributed by atoms with Gasteiger partial charge in [-0.25, -0.2) is 4.79 Å². The Morgan fingerprint density at radius 2 is 2.33 bits per heavy atom. The molecule has 0 bridgehead atoms. The molecule has 1 atom stereocenters. The third kappa shape index (κ3) is 3.69. The molecule has 2 N–H and O–H groups in total. The summed E-state index contributed by atoms with van der Waals surface area (Å²) in [5.74, 6) is -1.16. The Bertz CT molecular complexity index is 547. The van der Waals surface area contributed by atoms with Crippen LogP contribution in [-0.4, -0.2) is 46.6 Å². The second kappa shape index (κ2) is 6.53. The van der Waals surface area contributed by atoms with Crippen LogP contribution < -0.4 is 5.32 Å². The van der Waals surface area contributed by atoms with E-state index in [0.717, 1.165) is 38.5 Å². The predicted octanol–water partition coefficient (Wildman–Crippen LogP) is 2.19. The lowest BCUT2D eigenvalue weighted by molar-refractivity contribution is -0.384. The highest BCUT2D eigenvalue weighted by molar-refractivity contribution is 5.95. The van der Waals surface area contributed by atoms with Gasteiger partial charge < -0.3 is 15.3 Å². The van der Waals surface area contributed by atoms with Crippen molar-refractivity contribution in [3.05, 3.63) is 33.9 Å². The zero-order valence-electron chi connectivity index (χ0n) is 11.9. The van der Waals surface area contributed by atoms with E-state index in [1.165, 1.54) is 12.1 Å². The van der Waals surface area contributed by atoms with E-state index >= 15 is 0 Å². The van der Waals surface area contributed by atoms with Crippen molar-refractivity contribution in [2.45, 2.75) is 25.8 Å². The molecular weight excluding hydrogens is 274 g/mol. The fraction of sp³-hybridized carbons (Fsp3) is 0.500. The first-order valence-electron chi connectivity index (χ1n) is 7.02. The largest absolute Gasteiger partial charge is 0.478 e. The zero-order chi connectivity index (χ0) is 15.4. The van der Waals surface area contributed by atoms with Crippen LogP contribution in [0.3, 0.4) is 0 Å². The Balaban J connectivity index is 2.19. The van der Waals surface area contributed by atoms with Crippen molar-refractivity contribution in [1.82, 2.24) is 4.90 Å². The smallest absolute Gasteiger partial charge is 0.338 e. The number of non-ortho nitro benzene ring substituents is 1. The third-order valence-electron chi connectivity index (χ3n) is 3.76. The second-order valence-corrected chi connectivity index (χ2v) is 5.17. The van der Waals surface area contributed by atoms with Gasteiger partial charge in [-0.1, -0.05) is 6.92 Å². The first kappa shape index (κ1) is 15.2. The van der Waals surface area contributed by atoms with Crippen LogP contribution in [0.4, 0.5) is 11.4 Å². The monoisotopic (exact) mass is 293 g/mol. The van der Waals surface area contributed by atoms with Crippen LogP contribution in [0.15, 0.2) is 18.2 Å². The van der Waals surface area contributed by atoms with Gasteiger partial charge in [-0.2, -0.15) is 0 Å². The van der Waals surface area contributed by atoms with Gasteiger partial charge in [0.2, 0.25) is 0 Å². The molecule has 0 aliphatic carbocycles. The lowest BCUT2D eigenvalue weighted by Crippen LogP contribution is -2.42. The van der Waals surface area contributed by atoms with Crippen molar-refractivity contribution in [2.24, 2.45) is 0 Å². The Hall–Kier alpha value is -2.15. The highest BCUT2D eigenvalue weighted by Crippen LogP contribution is 2.24. The van der Waals surface area contributed by atoms with E-state index < -0.39 is 10.9 Å². The maximum atomic E-state index is 11.3. The van der Waals surface area contributed by atoms with Crippen LogP contribution in [0.1, 0.15) is 30.1 Å². The van der Waals surface area contributed by atoms with Gasteiger partial charge >= 0.3 is 5.97 Å². The van der Waals surface area contributed by atoms with Crippen molar-refractivity contribution in [3.8, 4) is 0 Å². The van der Waals surface area contributed by atoms with Crippen molar-refractivity contribution in [1.29, 1.82) is 0 Å². The van der Waals surface area contributed by atoms with Gasteiger partial charge in [-0.15, -0.1) is 0 Å². The Kier molecular flexibility index (Phi) is 4.74. The number of aromatic carboxylic acids is 1. The van der Waals surface area contributed by atoms with Crippen LogP contribution in [0.2, 0.25) is 0 Å². The number of carboxylic acid groups (broad SMARTS) is 1. The third-order valence-corrected chi connectivity index (χ3v) is 3.76. The number of hydrogen-bond acceptors (Lipinski definition) is 5. The highest BCUT2D eigenvalue weighted by atomic mass is 16.6. The van der Waals surface area contributed by atoms with Crippen molar-refractivity contribution in [2.75, 3.05) is 25.0 Å². The summed E-state index contributed by atoms with van der Waals surface area (Å²) in [6.07, 6.45) is 2.02. The Morgan fingerprint density at radius 1 is 1.57 bits per heavy atom. The minimum absolute atomic E-state index is 0.0576. The first-order valence-corrected chi connectivity index (χ1v) is 7.02. The maximum absolute atomic E-state index is 11.3. The molecule has 1 fully saturated rings. The molecule has 1 aromatic rings. The number of benzene rings is 1. The van der Waals surface area contributed by atoms with Gasteiger partial charge in [0, 0.05) is 30.4 Å². The fourth-order valence-corrected chi connectivity index (χ4v) is 2.63. The molecule has 2 rings (SSSR count).